The second-order valence-electron chi connectivity index (χ2n) is 7.98. The molecular weight excluding hydrogens is 420 g/mol. The highest BCUT2D eigenvalue weighted by Crippen LogP contribution is 2.08. The summed E-state index contributed by atoms with van der Waals surface area (Å²) in [7, 11) is 0. The highest BCUT2D eigenvalue weighted by atomic mass is 16.6. The van der Waals surface area contributed by atoms with Gasteiger partial charge in [0.2, 0.25) is 0 Å². The van der Waals surface area contributed by atoms with E-state index in [1.54, 1.807) is 0 Å². The third-order valence-corrected chi connectivity index (χ3v) is 4.64. The first-order chi connectivity index (χ1) is 15.4. The number of hydrogen-bond acceptors (Lipinski definition) is 9. The van der Waals surface area contributed by atoms with Crippen molar-refractivity contribution in [3.05, 3.63) is 0 Å². The fraction of sp³-hybridized carbons (Fsp3) is 0.913. The van der Waals surface area contributed by atoms with E-state index < -0.39 is 24.9 Å². The first-order valence-corrected chi connectivity index (χ1v) is 11.9. The van der Waals surface area contributed by atoms with Crippen LogP contribution in [0.1, 0.15) is 78.1 Å². The summed E-state index contributed by atoms with van der Waals surface area (Å²) in [6, 6.07) is 0. The summed E-state index contributed by atoms with van der Waals surface area (Å²) in [5, 5.41) is 27.8. The molecule has 0 aliphatic carbocycles. The molecule has 0 saturated carbocycles. The maximum Gasteiger partial charge on any atom is 0.306 e. The standard InChI is InChI=1S/C23H44O9/c1-3-5-7-8-9-10-12-22(27)31-18-21(32-23(28)11-6-4-2)17-30-16-20(26)15-29-14-19(25)13-24/h19-21,24-26H,3-18H2,1-2H3/t19-,20-,21-/m1/s1. The van der Waals surface area contributed by atoms with Gasteiger partial charge in [0.15, 0.2) is 6.10 Å². The number of aliphatic hydroxyl groups excluding tert-OH is 3. The number of esters is 2. The molecule has 3 N–H and O–H groups in total. The first kappa shape index (κ1) is 30.7. The molecule has 0 aliphatic rings. The van der Waals surface area contributed by atoms with Crippen LogP contribution in [0.3, 0.4) is 0 Å². The topological polar surface area (TPSA) is 132 Å². The predicted octanol–water partition coefficient (Wildman–Crippen LogP) is 2.13. The lowest BCUT2D eigenvalue weighted by Crippen LogP contribution is -2.32. The number of hydrogen-bond donors (Lipinski definition) is 3. The predicted molar refractivity (Wildman–Crippen MR) is 119 cm³/mol. The molecule has 9 heteroatoms. The van der Waals surface area contributed by atoms with E-state index in [4.69, 9.17) is 24.1 Å². The van der Waals surface area contributed by atoms with Gasteiger partial charge in [-0.2, -0.15) is 0 Å². The van der Waals surface area contributed by atoms with Gasteiger partial charge in [0.05, 0.1) is 33.0 Å². The van der Waals surface area contributed by atoms with Crippen molar-refractivity contribution >= 4 is 11.9 Å². The lowest BCUT2D eigenvalue weighted by atomic mass is 10.1. The van der Waals surface area contributed by atoms with E-state index in [0.717, 1.165) is 25.7 Å². The summed E-state index contributed by atoms with van der Waals surface area (Å²) in [6.07, 6.45) is 5.92. The molecule has 0 rings (SSSR count). The summed E-state index contributed by atoms with van der Waals surface area (Å²) in [6.45, 7) is 3.33. The van der Waals surface area contributed by atoms with Crippen LogP contribution in [0.5, 0.6) is 0 Å². The Hall–Kier alpha value is -1.26. The lowest BCUT2D eigenvalue weighted by Gasteiger charge is -2.19. The minimum Gasteiger partial charge on any atom is -0.462 e. The molecule has 0 aromatic rings. The van der Waals surface area contributed by atoms with Crippen LogP contribution in [0.4, 0.5) is 0 Å². The normalized spacial score (nSPS) is 14.0. The van der Waals surface area contributed by atoms with Crippen LogP contribution in [-0.2, 0) is 28.5 Å². The molecule has 3 atom stereocenters. The third-order valence-electron chi connectivity index (χ3n) is 4.64. The number of ether oxygens (including phenoxy) is 4. The van der Waals surface area contributed by atoms with Crippen LogP contribution in [-0.4, -0.2) is 85.2 Å². The highest BCUT2D eigenvalue weighted by Gasteiger charge is 2.18. The average Bonchev–Trinajstić information content (AvgIpc) is 2.78. The second kappa shape index (κ2) is 21.6. The third kappa shape index (κ3) is 19.4. The zero-order valence-corrected chi connectivity index (χ0v) is 19.8. The Bertz CT molecular complexity index is 459. The van der Waals surface area contributed by atoms with Crippen molar-refractivity contribution in [2.75, 3.05) is 39.6 Å². The van der Waals surface area contributed by atoms with Crippen molar-refractivity contribution in [3.63, 3.8) is 0 Å². The fourth-order valence-electron chi connectivity index (χ4n) is 2.77. The molecule has 0 aliphatic heterocycles. The SMILES string of the molecule is CCCCCCCCC(=O)OC[C@@H](COC[C@H](O)COC[C@H](O)CO)OC(=O)CCCC. The van der Waals surface area contributed by atoms with Crippen molar-refractivity contribution in [1.29, 1.82) is 0 Å². The van der Waals surface area contributed by atoms with Crippen molar-refractivity contribution < 1.29 is 43.9 Å². The summed E-state index contributed by atoms with van der Waals surface area (Å²) in [4.78, 5) is 23.9. The Balaban J connectivity index is 4.26. The molecule has 0 heterocycles. The highest BCUT2D eigenvalue weighted by molar-refractivity contribution is 5.70. The van der Waals surface area contributed by atoms with Crippen molar-refractivity contribution in [2.24, 2.45) is 0 Å². The molecule has 0 unspecified atom stereocenters. The Kier molecular flexibility index (Phi) is 20.7. The maximum atomic E-state index is 12.0. The van der Waals surface area contributed by atoms with Gasteiger partial charge in [-0.1, -0.05) is 52.4 Å². The van der Waals surface area contributed by atoms with Crippen LogP contribution >= 0.6 is 0 Å². The Morgan fingerprint density at radius 1 is 0.688 bits per heavy atom. The molecule has 0 aromatic carbocycles. The lowest BCUT2D eigenvalue weighted by molar-refractivity contribution is -0.163. The van der Waals surface area contributed by atoms with E-state index in [-0.39, 0.29) is 51.4 Å². The Labute approximate surface area is 192 Å². The van der Waals surface area contributed by atoms with Gasteiger partial charge in [-0.25, -0.2) is 0 Å². The van der Waals surface area contributed by atoms with E-state index >= 15 is 0 Å². The van der Waals surface area contributed by atoms with Gasteiger partial charge in [-0.15, -0.1) is 0 Å². The van der Waals surface area contributed by atoms with Gasteiger partial charge >= 0.3 is 11.9 Å². The molecule has 9 nitrogen and oxygen atoms in total. The smallest absolute Gasteiger partial charge is 0.306 e. The first-order valence-electron chi connectivity index (χ1n) is 11.9. The summed E-state index contributed by atoms with van der Waals surface area (Å²) >= 11 is 0. The molecule has 32 heavy (non-hydrogen) atoms. The number of unbranched alkanes of at least 4 members (excludes halogenated alkanes) is 6. The Morgan fingerprint density at radius 3 is 1.91 bits per heavy atom. The zero-order chi connectivity index (χ0) is 24.0. The van der Waals surface area contributed by atoms with Crippen LogP contribution in [0.2, 0.25) is 0 Å². The van der Waals surface area contributed by atoms with E-state index in [9.17, 15) is 19.8 Å². The van der Waals surface area contributed by atoms with E-state index in [2.05, 4.69) is 6.92 Å². The van der Waals surface area contributed by atoms with Gasteiger partial charge in [0.25, 0.3) is 0 Å². The van der Waals surface area contributed by atoms with Gasteiger partial charge < -0.3 is 34.3 Å². The molecule has 0 aromatic heterocycles. The largest absolute Gasteiger partial charge is 0.462 e. The van der Waals surface area contributed by atoms with Crippen molar-refractivity contribution in [1.82, 2.24) is 0 Å². The number of aliphatic hydroxyl groups is 3. The van der Waals surface area contributed by atoms with Gasteiger partial charge in [0.1, 0.15) is 18.8 Å². The molecule has 190 valence electrons. The van der Waals surface area contributed by atoms with Crippen molar-refractivity contribution in [2.45, 2.75) is 96.4 Å². The minimum atomic E-state index is -0.999. The van der Waals surface area contributed by atoms with E-state index in [0.29, 0.717) is 12.8 Å². The van der Waals surface area contributed by atoms with Crippen LogP contribution in [0.15, 0.2) is 0 Å². The molecule has 0 bridgehead atoms. The number of carbonyl (C=O) groups excluding carboxylic acids is 2. The zero-order valence-electron chi connectivity index (χ0n) is 19.8. The quantitative estimate of drug-likeness (QED) is 0.163. The molecule has 0 fully saturated rings. The average molecular weight is 465 g/mol. The molecule has 0 radical (unpaired) electrons. The number of carbonyl (C=O) groups is 2. The monoisotopic (exact) mass is 464 g/mol. The van der Waals surface area contributed by atoms with Crippen molar-refractivity contribution in [3.8, 4) is 0 Å². The number of rotatable bonds is 22. The second-order valence-corrected chi connectivity index (χ2v) is 7.98. The molecule has 0 amide bonds. The molecule has 0 saturated heterocycles. The summed E-state index contributed by atoms with van der Waals surface area (Å²) in [5.41, 5.74) is 0. The van der Waals surface area contributed by atoms with Crippen LogP contribution < -0.4 is 0 Å². The van der Waals surface area contributed by atoms with E-state index in [1.165, 1.54) is 19.3 Å². The van der Waals surface area contributed by atoms with Gasteiger partial charge in [0, 0.05) is 12.8 Å². The minimum absolute atomic E-state index is 0.0293. The van der Waals surface area contributed by atoms with Crippen LogP contribution in [0, 0.1) is 0 Å². The maximum absolute atomic E-state index is 12.0. The summed E-state index contributed by atoms with van der Waals surface area (Å²) in [5.74, 6) is -0.708. The van der Waals surface area contributed by atoms with Gasteiger partial charge in [-0.3, -0.25) is 9.59 Å². The summed E-state index contributed by atoms with van der Waals surface area (Å²) < 4.78 is 21.1. The van der Waals surface area contributed by atoms with Crippen LogP contribution in [0.25, 0.3) is 0 Å². The van der Waals surface area contributed by atoms with E-state index in [1.807, 2.05) is 6.92 Å². The van der Waals surface area contributed by atoms with Gasteiger partial charge in [-0.05, 0) is 12.8 Å². The molecule has 0 spiro atoms. The Morgan fingerprint density at radius 2 is 1.25 bits per heavy atom. The fourth-order valence-corrected chi connectivity index (χ4v) is 2.77. The molecular formula is C23H44O9.